The van der Waals surface area contributed by atoms with Gasteiger partial charge >= 0.3 is 5.97 Å². The second-order valence-corrected chi connectivity index (χ2v) is 6.24. The molecule has 3 rings (SSSR count). The van der Waals surface area contributed by atoms with E-state index in [4.69, 9.17) is 4.74 Å². The fourth-order valence-corrected chi connectivity index (χ4v) is 2.88. The van der Waals surface area contributed by atoms with Gasteiger partial charge in [-0.05, 0) is 41.8 Å². The van der Waals surface area contributed by atoms with E-state index in [0.29, 0.717) is 5.57 Å². The van der Waals surface area contributed by atoms with Crippen LogP contribution in [0, 0.1) is 11.3 Å². The Morgan fingerprint density at radius 3 is 2.19 bits per heavy atom. The summed E-state index contributed by atoms with van der Waals surface area (Å²) < 4.78 is 5.30. The Kier molecular flexibility index (Phi) is 5.15. The largest absolute Gasteiger partial charge is 0.459 e. The minimum absolute atomic E-state index is 0.0141. The van der Waals surface area contributed by atoms with E-state index in [-0.39, 0.29) is 11.7 Å². The van der Waals surface area contributed by atoms with E-state index in [2.05, 4.69) is 6.07 Å². The van der Waals surface area contributed by atoms with Gasteiger partial charge in [-0.15, -0.1) is 0 Å². The first-order valence-electron chi connectivity index (χ1n) is 8.50. The van der Waals surface area contributed by atoms with Crippen LogP contribution >= 0.6 is 0 Å². The molecule has 0 aliphatic carbocycles. The molecule has 3 aromatic rings. The summed E-state index contributed by atoms with van der Waals surface area (Å²) in [7, 11) is 0. The first-order valence-corrected chi connectivity index (χ1v) is 8.50. The summed E-state index contributed by atoms with van der Waals surface area (Å²) in [5.74, 6) is -0.602. The van der Waals surface area contributed by atoms with Crippen LogP contribution in [-0.4, -0.2) is 12.1 Å². The van der Waals surface area contributed by atoms with Crippen molar-refractivity contribution in [2.45, 2.75) is 20.0 Å². The van der Waals surface area contributed by atoms with Crippen LogP contribution in [0.4, 0.5) is 0 Å². The fourth-order valence-electron chi connectivity index (χ4n) is 2.88. The van der Waals surface area contributed by atoms with Crippen molar-refractivity contribution in [3.8, 4) is 6.07 Å². The second kappa shape index (κ2) is 7.67. The molecule has 0 aliphatic rings. The standard InChI is InChI=1S/C23H19NO2/c1-16(2)26-23(25)21(15-24)22(18-9-4-3-5-10-18)20-13-12-17-8-6-7-11-19(17)14-20/h3-14,16H,1-2H3. The van der Waals surface area contributed by atoms with E-state index < -0.39 is 5.97 Å². The number of nitrogens with zero attached hydrogens (tertiary/aromatic N) is 1. The molecule has 0 aliphatic heterocycles. The van der Waals surface area contributed by atoms with Crippen molar-refractivity contribution in [2.75, 3.05) is 0 Å². The molecule has 3 heteroatoms. The molecule has 0 spiro atoms. The topological polar surface area (TPSA) is 50.1 Å². The van der Waals surface area contributed by atoms with Gasteiger partial charge < -0.3 is 4.74 Å². The van der Waals surface area contributed by atoms with E-state index >= 15 is 0 Å². The Labute approximate surface area is 153 Å². The third-order valence-corrected chi connectivity index (χ3v) is 4.01. The van der Waals surface area contributed by atoms with Gasteiger partial charge in [0.2, 0.25) is 0 Å². The number of rotatable bonds is 4. The van der Waals surface area contributed by atoms with Gasteiger partial charge in [0, 0.05) is 5.57 Å². The lowest BCUT2D eigenvalue weighted by atomic mass is 9.92. The normalized spacial score (nSPS) is 11.8. The van der Waals surface area contributed by atoms with Gasteiger partial charge in [-0.3, -0.25) is 0 Å². The molecule has 0 atom stereocenters. The molecular weight excluding hydrogens is 322 g/mol. The Hall–Kier alpha value is -3.38. The molecule has 0 unspecified atom stereocenters. The van der Waals surface area contributed by atoms with E-state index in [1.807, 2.05) is 72.8 Å². The average molecular weight is 341 g/mol. The van der Waals surface area contributed by atoms with Crippen LogP contribution in [-0.2, 0) is 9.53 Å². The number of fused-ring (bicyclic) bond motifs is 1. The van der Waals surface area contributed by atoms with Crippen LogP contribution < -0.4 is 0 Å². The Bertz CT molecular complexity index is 1010. The van der Waals surface area contributed by atoms with E-state index in [1.165, 1.54) is 0 Å². The molecular formula is C23H19NO2. The molecule has 0 N–H and O–H groups in total. The van der Waals surface area contributed by atoms with Gasteiger partial charge in [0.05, 0.1) is 6.10 Å². The molecule has 3 nitrogen and oxygen atoms in total. The van der Waals surface area contributed by atoms with Crippen molar-refractivity contribution in [2.24, 2.45) is 0 Å². The number of hydrogen-bond donors (Lipinski definition) is 0. The van der Waals surface area contributed by atoms with Gasteiger partial charge in [0.15, 0.2) is 0 Å². The summed E-state index contributed by atoms with van der Waals surface area (Å²) in [5, 5.41) is 11.9. The molecule has 0 heterocycles. The molecule has 0 fully saturated rings. The zero-order valence-electron chi connectivity index (χ0n) is 14.8. The monoisotopic (exact) mass is 341 g/mol. The van der Waals surface area contributed by atoms with Gasteiger partial charge in [-0.25, -0.2) is 4.79 Å². The molecule has 0 amide bonds. The Morgan fingerprint density at radius 2 is 1.54 bits per heavy atom. The number of ether oxygens (including phenoxy) is 1. The molecule has 0 radical (unpaired) electrons. The van der Waals surface area contributed by atoms with Crippen molar-refractivity contribution in [1.82, 2.24) is 0 Å². The Balaban J connectivity index is 2.25. The number of benzene rings is 3. The van der Waals surface area contributed by atoms with E-state index in [9.17, 15) is 10.1 Å². The van der Waals surface area contributed by atoms with Gasteiger partial charge in [-0.1, -0.05) is 66.7 Å². The van der Waals surface area contributed by atoms with Crippen LogP contribution in [0.2, 0.25) is 0 Å². The van der Waals surface area contributed by atoms with Crippen LogP contribution in [0.25, 0.3) is 16.3 Å². The summed E-state index contributed by atoms with van der Waals surface area (Å²) in [6.45, 7) is 3.54. The highest BCUT2D eigenvalue weighted by Crippen LogP contribution is 2.30. The molecule has 0 bridgehead atoms. The van der Waals surface area contributed by atoms with Gasteiger partial charge in [-0.2, -0.15) is 5.26 Å². The summed E-state index contributed by atoms with van der Waals surface area (Å²) in [6, 6.07) is 25.4. The first kappa shape index (κ1) is 17.4. The molecule has 0 aromatic heterocycles. The molecule has 0 saturated heterocycles. The highest BCUT2D eigenvalue weighted by molar-refractivity contribution is 6.06. The first-order chi connectivity index (χ1) is 12.6. The molecule has 3 aromatic carbocycles. The summed E-state index contributed by atoms with van der Waals surface area (Å²) in [5.41, 5.74) is 2.22. The minimum atomic E-state index is -0.602. The minimum Gasteiger partial charge on any atom is -0.459 e. The van der Waals surface area contributed by atoms with Crippen molar-refractivity contribution in [3.63, 3.8) is 0 Å². The summed E-state index contributed by atoms with van der Waals surface area (Å²) in [6.07, 6.45) is -0.292. The maximum absolute atomic E-state index is 12.5. The summed E-state index contributed by atoms with van der Waals surface area (Å²) >= 11 is 0. The highest BCUT2D eigenvalue weighted by Gasteiger charge is 2.21. The number of carbonyl (C=O) groups is 1. The van der Waals surface area contributed by atoms with Crippen LogP contribution in [0.15, 0.2) is 78.4 Å². The van der Waals surface area contributed by atoms with Gasteiger partial charge in [0.1, 0.15) is 11.6 Å². The van der Waals surface area contributed by atoms with Crippen LogP contribution in [0.1, 0.15) is 25.0 Å². The molecule has 0 saturated carbocycles. The maximum atomic E-state index is 12.5. The van der Waals surface area contributed by atoms with E-state index in [0.717, 1.165) is 21.9 Å². The van der Waals surface area contributed by atoms with Crippen molar-refractivity contribution < 1.29 is 9.53 Å². The van der Waals surface area contributed by atoms with Crippen molar-refractivity contribution >= 4 is 22.3 Å². The fraction of sp³-hybridized carbons (Fsp3) is 0.130. The van der Waals surface area contributed by atoms with Crippen LogP contribution in [0.3, 0.4) is 0 Å². The van der Waals surface area contributed by atoms with Crippen molar-refractivity contribution in [1.29, 1.82) is 5.26 Å². The number of nitriles is 1. The van der Waals surface area contributed by atoms with Crippen LogP contribution in [0.5, 0.6) is 0 Å². The number of hydrogen-bond acceptors (Lipinski definition) is 3. The maximum Gasteiger partial charge on any atom is 0.349 e. The zero-order valence-corrected chi connectivity index (χ0v) is 14.8. The molecule has 26 heavy (non-hydrogen) atoms. The predicted molar refractivity (Wildman–Crippen MR) is 103 cm³/mol. The smallest absolute Gasteiger partial charge is 0.349 e. The third kappa shape index (κ3) is 3.65. The highest BCUT2D eigenvalue weighted by atomic mass is 16.5. The average Bonchev–Trinajstić information content (AvgIpc) is 2.65. The SMILES string of the molecule is CC(C)OC(=O)C(C#N)=C(c1ccccc1)c1ccc2ccccc2c1. The Morgan fingerprint density at radius 1 is 0.885 bits per heavy atom. The lowest BCUT2D eigenvalue weighted by Gasteiger charge is -2.14. The zero-order chi connectivity index (χ0) is 18.5. The number of carbonyl (C=O) groups excluding carboxylic acids is 1. The second-order valence-electron chi connectivity index (χ2n) is 6.24. The summed E-state index contributed by atoms with van der Waals surface area (Å²) in [4.78, 5) is 12.5. The van der Waals surface area contributed by atoms with Crippen molar-refractivity contribution in [3.05, 3.63) is 89.5 Å². The van der Waals surface area contributed by atoms with E-state index in [1.54, 1.807) is 13.8 Å². The quantitative estimate of drug-likeness (QED) is 0.376. The van der Waals surface area contributed by atoms with Gasteiger partial charge in [0.25, 0.3) is 0 Å². The third-order valence-electron chi connectivity index (χ3n) is 4.01. The predicted octanol–water partition coefficient (Wildman–Crippen LogP) is 5.12. The number of esters is 1. The lowest BCUT2D eigenvalue weighted by molar-refractivity contribution is -0.142. The lowest BCUT2D eigenvalue weighted by Crippen LogP contribution is -2.14. The molecule has 128 valence electrons.